The molecule has 0 bridgehead atoms. The Bertz CT molecular complexity index is 1480. The first-order valence-electron chi connectivity index (χ1n) is 15.4. The van der Waals surface area contributed by atoms with Gasteiger partial charge in [0.05, 0.1) is 13.2 Å². The zero-order valence-corrected chi connectivity index (χ0v) is 31.2. The van der Waals surface area contributed by atoms with Crippen LogP contribution < -0.4 is 0 Å². The minimum atomic E-state index is -0.335. The fourth-order valence-electron chi connectivity index (χ4n) is 6.96. The van der Waals surface area contributed by atoms with Gasteiger partial charge >= 0.3 is 11.9 Å². The number of hydrogen-bond donors (Lipinski definition) is 0. The van der Waals surface area contributed by atoms with Gasteiger partial charge in [0.15, 0.2) is 12.6 Å². The van der Waals surface area contributed by atoms with Crippen LogP contribution in [0.5, 0.6) is 0 Å². The van der Waals surface area contributed by atoms with E-state index in [-0.39, 0.29) is 52.1 Å². The Labute approximate surface area is 284 Å². The second-order valence-electron chi connectivity index (χ2n) is 14.8. The van der Waals surface area contributed by atoms with Crippen molar-refractivity contribution < 1.29 is 33.3 Å². The maximum absolute atomic E-state index is 11.6. The van der Waals surface area contributed by atoms with E-state index in [0.717, 1.165) is 39.2 Å². The molecule has 9 heteroatoms. The Kier molecular flexibility index (Phi) is 10.2. The zero-order chi connectivity index (χ0) is 33.7. The van der Waals surface area contributed by atoms with Gasteiger partial charge in [-0.25, -0.2) is 0 Å². The number of hydrogen-bond acceptors (Lipinski definition) is 7. The lowest BCUT2D eigenvalue weighted by Gasteiger charge is -2.47. The van der Waals surface area contributed by atoms with Crippen molar-refractivity contribution in [3.63, 3.8) is 0 Å². The fourth-order valence-corrected chi connectivity index (χ4v) is 7.92. The number of aldehydes is 1. The van der Waals surface area contributed by atoms with Crippen LogP contribution in [0.2, 0.25) is 0 Å². The molecule has 45 heavy (non-hydrogen) atoms. The lowest BCUT2D eigenvalue weighted by Crippen LogP contribution is -2.47. The van der Waals surface area contributed by atoms with E-state index in [1.54, 1.807) is 0 Å². The second-order valence-corrected chi connectivity index (χ2v) is 16.6. The van der Waals surface area contributed by atoms with E-state index in [9.17, 15) is 14.4 Å². The van der Waals surface area contributed by atoms with Crippen LogP contribution in [0.1, 0.15) is 127 Å². The number of esters is 2. The second kappa shape index (κ2) is 12.9. The molecule has 0 spiro atoms. The summed E-state index contributed by atoms with van der Waals surface area (Å²) in [7, 11) is 0. The van der Waals surface area contributed by atoms with Crippen LogP contribution in [0.25, 0.3) is 0 Å². The first-order valence-corrected chi connectivity index (χ1v) is 17.0. The standard InChI is InChI=1S/C19H25BrO4.C17H21BrO3/c1-11(21)24-16-10-18(2,3)13-9-15(20)12(17-22-6-7-23-17)8-14(13)19(16,4)5;1-10(20)21-15-8-16(2,3)12-7-14(18)11(9-19)6-13(12)17(15,4)5/h8-9,16-17H,6-7,10H2,1-5H3;6-7,9,15H,8H2,1-5H3. The van der Waals surface area contributed by atoms with Crippen LogP contribution >= 0.6 is 31.9 Å². The van der Waals surface area contributed by atoms with Crippen molar-refractivity contribution in [2.45, 2.75) is 122 Å². The molecule has 1 heterocycles. The van der Waals surface area contributed by atoms with E-state index in [1.165, 1.54) is 30.5 Å². The minimum absolute atomic E-state index is 0.0800. The van der Waals surface area contributed by atoms with Crippen molar-refractivity contribution in [3.05, 3.63) is 66.6 Å². The largest absolute Gasteiger partial charge is 0.462 e. The molecule has 1 aliphatic heterocycles. The van der Waals surface area contributed by atoms with Gasteiger partial charge in [0.25, 0.3) is 0 Å². The summed E-state index contributed by atoms with van der Waals surface area (Å²) in [5.41, 5.74) is 5.59. The molecule has 3 aliphatic rings. The summed E-state index contributed by atoms with van der Waals surface area (Å²) in [6, 6.07) is 8.29. The van der Waals surface area contributed by atoms with E-state index in [4.69, 9.17) is 18.9 Å². The van der Waals surface area contributed by atoms with Crippen molar-refractivity contribution in [2.24, 2.45) is 0 Å². The highest BCUT2D eigenvalue weighted by Gasteiger charge is 2.48. The van der Waals surface area contributed by atoms with Crippen molar-refractivity contribution in [3.8, 4) is 0 Å². The number of carbonyl (C=O) groups excluding carboxylic acids is 3. The number of carbonyl (C=O) groups is 3. The molecule has 1 fully saturated rings. The van der Waals surface area contributed by atoms with Crippen LogP contribution in [0.4, 0.5) is 0 Å². The third-order valence-corrected chi connectivity index (χ3v) is 11.1. The lowest BCUT2D eigenvalue weighted by atomic mass is 9.61. The Morgan fingerprint density at radius 3 is 1.56 bits per heavy atom. The van der Waals surface area contributed by atoms with Crippen LogP contribution in [-0.4, -0.2) is 43.6 Å². The average Bonchev–Trinajstić information content (AvgIpc) is 3.45. The molecule has 0 radical (unpaired) electrons. The summed E-state index contributed by atoms with van der Waals surface area (Å²) >= 11 is 7.15. The van der Waals surface area contributed by atoms with Crippen LogP contribution in [0.3, 0.4) is 0 Å². The van der Waals surface area contributed by atoms with Crippen LogP contribution in [0, 0.1) is 0 Å². The Hall–Kier alpha value is -2.07. The first kappa shape index (κ1) is 35.8. The van der Waals surface area contributed by atoms with Crippen molar-refractivity contribution in [1.82, 2.24) is 0 Å². The fraction of sp³-hybridized carbons (Fsp3) is 0.583. The third kappa shape index (κ3) is 7.12. The molecule has 0 amide bonds. The van der Waals surface area contributed by atoms with Gasteiger partial charge in [-0.05, 0) is 70.2 Å². The van der Waals surface area contributed by atoms with E-state index in [2.05, 4.69) is 99.4 Å². The molecule has 5 rings (SSSR count). The Morgan fingerprint density at radius 1 is 0.711 bits per heavy atom. The molecule has 2 atom stereocenters. The van der Waals surface area contributed by atoms with Gasteiger partial charge in [0.2, 0.25) is 0 Å². The third-order valence-electron chi connectivity index (χ3n) is 9.74. The SMILES string of the molecule is CC(=O)OC1CC(C)(C)c2cc(Br)c(C3OCCO3)cc2C1(C)C.CC(=O)OC1CC(C)(C)c2cc(Br)c(C=O)cc2C1(C)C. The van der Waals surface area contributed by atoms with Crippen LogP contribution in [-0.2, 0) is 50.2 Å². The molecule has 2 unspecified atom stereocenters. The number of rotatable bonds is 4. The predicted octanol–water partition coefficient (Wildman–Crippen LogP) is 8.54. The molecule has 0 saturated carbocycles. The highest BCUT2D eigenvalue weighted by molar-refractivity contribution is 9.10. The number of fused-ring (bicyclic) bond motifs is 2. The summed E-state index contributed by atoms with van der Waals surface area (Å²) in [6.45, 7) is 21.2. The van der Waals surface area contributed by atoms with E-state index in [1.807, 2.05) is 12.1 Å². The summed E-state index contributed by atoms with van der Waals surface area (Å²) in [4.78, 5) is 34.2. The topological polar surface area (TPSA) is 88.1 Å². The summed E-state index contributed by atoms with van der Waals surface area (Å²) in [6.07, 6.45) is 1.73. The van der Waals surface area contributed by atoms with Gasteiger partial charge in [0, 0.05) is 44.7 Å². The molecule has 2 aliphatic carbocycles. The van der Waals surface area contributed by atoms with Gasteiger partial charge in [-0.15, -0.1) is 0 Å². The Morgan fingerprint density at radius 2 is 1.13 bits per heavy atom. The normalized spacial score (nSPS) is 23.9. The monoisotopic (exact) mass is 748 g/mol. The van der Waals surface area contributed by atoms with Gasteiger partial charge in [-0.1, -0.05) is 87.2 Å². The molecular weight excluding hydrogens is 704 g/mol. The zero-order valence-electron chi connectivity index (χ0n) is 28.1. The number of ether oxygens (including phenoxy) is 4. The smallest absolute Gasteiger partial charge is 0.302 e. The quantitative estimate of drug-likeness (QED) is 0.229. The van der Waals surface area contributed by atoms with E-state index in [0.29, 0.717) is 18.8 Å². The lowest BCUT2D eigenvalue weighted by molar-refractivity contribution is -0.152. The molecule has 2 aromatic rings. The molecule has 7 nitrogen and oxygen atoms in total. The molecule has 2 aromatic carbocycles. The average molecular weight is 751 g/mol. The number of halogens is 2. The highest BCUT2D eigenvalue weighted by atomic mass is 79.9. The summed E-state index contributed by atoms with van der Waals surface area (Å²) in [5.74, 6) is -0.493. The molecule has 0 aromatic heterocycles. The van der Waals surface area contributed by atoms with Gasteiger partial charge in [-0.2, -0.15) is 0 Å². The maximum atomic E-state index is 11.6. The maximum Gasteiger partial charge on any atom is 0.302 e. The summed E-state index contributed by atoms with van der Waals surface area (Å²) in [5, 5.41) is 0. The van der Waals surface area contributed by atoms with Gasteiger partial charge < -0.3 is 18.9 Å². The van der Waals surface area contributed by atoms with Crippen molar-refractivity contribution in [2.75, 3.05) is 13.2 Å². The molecule has 246 valence electrons. The van der Waals surface area contributed by atoms with Crippen molar-refractivity contribution >= 4 is 50.1 Å². The predicted molar refractivity (Wildman–Crippen MR) is 181 cm³/mol. The number of benzene rings is 2. The molecular formula is C36H46Br2O7. The van der Waals surface area contributed by atoms with Gasteiger partial charge in [0.1, 0.15) is 12.2 Å². The molecule has 1 saturated heterocycles. The van der Waals surface area contributed by atoms with E-state index >= 15 is 0 Å². The minimum Gasteiger partial charge on any atom is -0.462 e. The van der Waals surface area contributed by atoms with Crippen LogP contribution in [0.15, 0.2) is 33.2 Å². The first-order chi connectivity index (χ1) is 20.7. The summed E-state index contributed by atoms with van der Waals surface area (Å²) < 4.78 is 24.4. The van der Waals surface area contributed by atoms with Crippen molar-refractivity contribution in [1.29, 1.82) is 0 Å². The van der Waals surface area contributed by atoms with Gasteiger partial charge in [-0.3, -0.25) is 14.4 Å². The Balaban J connectivity index is 0.000000207. The van der Waals surface area contributed by atoms with E-state index < -0.39 is 0 Å². The molecule has 0 N–H and O–H groups in total. The highest BCUT2D eigenvalue weighted by Crippen LogP contribution is 2.50.